The minimum atomic E-state index is 0.189. The largest absolute Gasteiger partial charge is 0.381 e. The topological polar surface area (TPSA) is 53.1 Å². The van der Waals surface area contributed by atoms with Crippen molar-refractivity contribution in [1.29, 1.82) is 0 Å². The van der Waals surface area contributed by atoms with Gasteiger partial charge in [-0.1, -0.05) is 0 Å². The summed E-state index contributed by atoms with van der Waals surface area (Å²) in [7, 11) is 0. The normalized spacial score (nSPS) is 21.4. The molecule has 1 aromatic rings. The van der Waals surface area contributed by atoms with Crippen molar-refractivity contribution in [3.8, 4) is 0 Å². The fourth-order valence-corrected chi connectivity index (χ4v) is 3.04. The second-order valence-electron chi connectivity index (χ2n) is 5.09. The zero-order valence-electron chi connectivity index (χ0n) is 11.2. The predicted octanol–water partition coefficient (Wildman–Crippen LogP) is 2.27. The number of hydrogen-bond acceptors (Lipinski definition) is 3. The number of nitrogens with two attached hydrogens (primary N) is 1. The predicted molar refractivity (Wildman–Crippen MR) is 75.6 cm³/mol. The molecule has 18 heavy (non-hydrogen) atoms. The molecule has 0 spiro atoms. The lowest BCUT2D eigenvalue weighted by atomic mass is 9.97. The molecule has 1 aromatic heterocycles. The van der Waals surface area contributed by atoms with Gasteiger partial charge in [-0.2, -0.15) is 5.10 Å². The van der Waals surface area contributed by atoms with E-state index in [1.165, 1.54) is 5.69 Å². The van der Waals surface area contributed by atoms with Crippen LogP contribution in [0.2, 0.25) is 0 Å². The van der Waals surface area contributed by atoms with Crippen LogP contribution in [-0.2, 0) is 17.7 Å². The third-order valence-electron chi connectivity index (χ3n) is 3.57. The number of halogens is 1. The van der Waals surface area contributed by atoms with E-state index in [9.17, 15) is 0 Å². The first-order valence-corrected chi connectivity index (χ1v) is 7.46. The van der Waals surface area contributed by atoms with Crippen LogP contribution < -0.4 is 5.73 Å². The summed E-state index contributed by atoms with van der Waals surface area (Å²) in [6.45, 7) is 6.80. The molecular weight excluding hydrogens is 294 g/mol. The van der Waals surface area contributed by atoms with E-state index >= 15 is 0 Å². The van der Waals surface area contributed by atoms with Crippen molar-refractivity contribution >= 4 is 15.9 Å². The molecule has 2 N–H and O–H groups in total. The van der Waals surface area contributed by atoms with E-state index in [1.54, 1.807) is 0 Å². The Balaban J connectivity index is 1.99. The Labute approximate surface area is 117 Å². The maximum atomic E-state index is 6.27. The van der Waals surface area contributed by atoms with Gasteiger partial charge >= 0.3 is 0 Å². The number of aromatic nitrogens is 2. The first kappa shape index (κ1) is 14.0. The summed E-state index contributed by atoms with van der Waals surface area (Å²) in [5.41, 5.74) is 8.54. The molecule has 0 radical (unpaired) electrons. The first-order chi connectivity index (χ1) is 8.61. The highest BCUT2D eigenvalue weighted by molar-refractivity contribution is 9.10. The zero-order chi connectivity index (χ0) is 13.1. The van der Waals surface area contributed by atoms with Crippen molar-refractivity contribution in [2.75, 3.05) is 13.2 Å². The maximum Gasteiger partial charge on any atom is 0.0738 e. The van der Waals surface area contributed by atoms with Crippen molar-refractivity contribution < 1.29 is 4.74 Å². The van der Waals surface area contributed by atoms with Gasteiger partial charge in [0.1, 0.15) is 0 Å². The van der Waals surface area contributed by atoms with Crippen molar-refractivity contribution in [1.82, 2.24) is 9.78 Å². The lowest BCUT2D eigenvalue weighted by Crippen LogP contribution is -2.27. The smallest absolute Gasteiger partial charge is 0.0738 e. The van der Waals surface area contributed by atoms with Crippen molar-refractivity contribution in [3.05, 3.63) is 15.9 Å². The molecule has 5 heteroatoms. The number of ether oxygens (including phenoxy) is 1. The van der Waals surface area contributed by atoms with Gasteiger partial charge in [0, 0.05) is 32.2 Å². The summed E-state index contributed by atoms with van der Waals surface area (Å²) in [5.74, 6) is 0.637. The number of hydrogen-bond donors (Lipinski definition) is 1. The molecule has 2 rings (SSSR count). The monoisotopic (exact) mass is 315 g/mol. The van der Waals surface area contributed by atoms with Gasteiger partial charge in [0.15, 0.2) is 0 Å². The summed E-state index contributed by atoms with van der Waals surface area (Å²) < 4.78 is 8.56. The summed E-state index contributed by atoms with van der Waals surface area (Å²) in [6, 6.07) is 0.189. The molecule has 102 valence electrons. The second-order valence-corrected chi connectivity index (χ2v) is 5.88. The highest BCUT2D eigenvalue weighted by Gasteiger charge is 2.21. The minimum Gasteiger partial charge on any atom is -0.381 e. The lowest BCUT2D eigenvalue weighted by molar-refractivity contribution is 0.182. The number of aryl methyl sites for hydroxylation is 2. The summed E-state index contributed by atoms with van der Waals surface area (Å²) in [5, 5.41) is 4.50. The SMILES string of the molecule is CCn1nc(C)c(Br)c1CC(N)CC1CCOC1. The minimum absolute atomic E-state index is 0.189. The van der Waals surface area contributed by atoms with Crippen LogP contribution in [0.5, 0.6) is 0 Å². The van der Waals surface area contributed by atoms with Gasteiger partial charge < -0.3 is 10.5 Å². The third kappa shape index (κ3) is 3.13. The molecule has 1 saturated heterocycles. The molecule has 4 nitrogen and oxygen atoms in total. The number of nitrogens with zero attached hydrogens (tertiary/aromatic N) is 2. The quantitative estimate of drug-likeness (QED) is 0.907. The summed E-state index contributed by atoms with van der Waals surface area (Å²) in [4.78, 5) is 0. The van der Waals surface area contributed by atoms with Crippen LogP contribution in [0.4, 0.5) is 0 Å². The van der Waals surface area contributed by atoms with Crippen LogP contribution in [0.1, 0.15) is 31.2 Å². The van der Waals surface area contributed by atoms with Crippen LogP contribution >= 0.6 is 15.9 Å². The molecule has 2 atom stereocenters. The lowest BCUT2D eigenvalue weighted by Gasteiger charge is -2.16. The highest BCUT2D eigenvalue weighted by Crippen LogP contribution is 2.24. The first-order valence-electron chi connectivity index (χ1n) is 6.67. The Hall–Kier alpha value is -0.390. The van der Waals surface area contributed by atoms with Crippen molar-refractivity contribution in [3.63, 3.8) is 0 Å². The molecule has 2 unspecified atom stereocenters. The molecular formula is C13H22BrN3O. The molecule has 2 heterocycles. The highest BCUT2D eigenvalue weighted by atomic mass is 79.9. The molecule has 0 amide bonds. The van der Waals surface area contributed by atoms with E-state index in [2.05, 4.69) is 28.0 Å². The molecule has 1 aliphatic heterocycles. The van der Waals surface area contributed by atoms with Gasteiger partial charge in [-0.25, -0.2) is 0 Å². The van der Waals surface area contributed by atoms with E-state index in [4.69, 9.17) is 10.5 Å². The van der Waals surface area contributed by atoms with Crippen molar-refractivity contribution in [2.45, 2.75) is 45.7 Å². The molecule has 0 aliphatic carbocycles. The van der Waals surface area contributed by atoms with Crippen molar-refractivity contribution in [2.24, 2.45) is 11.7 Å². The van der Waals surface area contributed by atoms with Gasteiger partial charge in [0.2, 0.25) is 0 Å². The van der Waals surface area contributed by atoms with Crippen LogP contribution in [0.3, 0.4) is 0 Å². The maximum absolute atomic E-state index is 6.27. The van der Waals surface area contributed by atoms with Gasteiger partial charge in [-0.05, 0) is 48.5 Å². The fourth-order valence-electron chi connectivity index (χ4n) is 2.59. The van der Waals surface area contributed by atoms with Gasteiger partial charge in [-0.3, -0.25) is 4.68 Å². The average Bonchev–Trinajstić information content (AvgIpc) is 2.92. The standard InChI is InChI=1S/C13H22BrN3O/c1-3-17-12(13(14)9(2)16-17)7-11(15)6-10-4-5-18-8-10/h10-11H,3-8,15H2,1-2H3. The fraction of sp³-hybridized carbons (Fsp3) is 0.769. The van der Waals surface area contributed by atoms with Gasteiger partial charge in [0.25, 0.3) is 0 Å². The third-order valence-corrected chi connectivity index (χ3v) is 4.60. The number of rotatable bonds is 5. The van der Waals surface area contributed by atoms with Gasteiger partial charge in [0.05, 0.1) is 15.9 Å². The van der Waals surface area contributed by atoms with E-state index in [1.807, 2.05) is 11.6 Å². The van der Waals surface area contributed by atoms with E-state index in [0.717, 1.165) is 49.2 Å². The van der Waals surface area contributed by atoms with Crippen LogP contribution in [0.15, 0.2) is 4.47 Å². The van der Waals surface area contributed by atoms with E-state index < -0.39 is 0 Å². The van der Waals surface area contributed by atoms with Crippen LogP contribution in [-0.4, -0.2) is 29.0 Å². The van der Waals surface area contributed by atoms with Gasteiger partial charge in [-0.15, -0.1) is 0 Å². The van der Waals surface area contributed by atoms with Crippen LogP contribution in [0.25, 0.3) is 0 Å². The summed E-state index contributed by atoms with van der Waals surface area (Å²) >= 11 is 3.62. The van der Waals surface area contributed by atoms with E-state index in [-0.39, 0.29) is 6.04 Å². The molecule has 0 aromatic carbocycles. The Morgan fingerprint density at radius 2 is 2.39 bits per heavy atom. The Morgan fingerprint density at radius 1 is 1.61 bits per heavy atom. The van der Waals surface area contributed by atoms with Crippen LogP contribution in [0, 0.1) is 12.8 Å². The van der Waals surface area contributed by atoms with E-state index in [0.29, 0.717) is 5.92 Å². The molecule has 1 fully saturated rings. The molecule has 0 bridgehead atoms. The second kappa shape index (κ2) is 6.17. The molecule has 1 aliphatic rings. The average molecular weight is 316 g/mol. The Morgan fingerprint density at radius 3 is 3.00 bits per heavy atom. The Bertz CT molecular complexity index is 399. The Kier molecular flexibility index (Phi) is 4.81. The molecule has 0 saturated carbocycles. The zero-order valence-corrected chi connectivity index (χ0v) is 12.7. The summed E-state index contributed by atoms with van der Waals surface area (Å²) in [6.07, 6.45) is 3.08.